The van der Waals surface area contributed by atoms with E-state index in [-0.39, 0.29) is 11.9 Å². The number of amides is 1. The predicted molar refractivity (Wildman–Crippen MR) is 97.8 cm³/mol. The van der Waals surface area contributed by atoms with E-state index in [0.29, 0.717) is 23.8 Å². The Hall–Kier alpha value is -3.03. The van der Waals surface area contributed by atoms with Gasteiger partial charge in [-0.3, -0.25) is 4.79 Å². The highest BCUT2D eigenvalue weighted by molar-refractivity contribution is 5.78. The van der Waals surface area contributed by atoms with Gasteiger partial charge in [-0.25, -0.2) is 4.68 Å². The standard InChI is InChI=1S/C19H22N6O2/c1-13-4-3-5-15(10-13)11-18(26)24-8-6-16(7-9-24)25-12-17(21-23-25)19-20-14(2)22-27-19/h3-5,10,12,16H,6-9,11H2,1-2H3. The molecule has 0 aliphatic carbocycles. The van der Waals surface area contributed by atoms with Crippen LogP contribution in [0.4, 0.5) is 0 Å². The molecule has 0 unspecified atom stereocenters. The Balaban J connectivity index is 1.35. The molecule has 0 spiro atoms. The SMILES string of the molecule is Cc1cccc(CC(=O)N2CCC(n3cc(-c4nc(C)no4)nn3)CC2)c1. The van der Waals surface area contributed by atoms with Gasteiger partial charge >= 0.3 is 0 Å². The second-order valence-corrected chi connectivity index (χ2v) is 7.01. The van der Waals surface area contributed by atoms with E-state index >= 15 is 0 Å². The van der Waals surface area contributed by atoms with Gasteiger partial charge in [0.1, 0.15) is 0 Å². The summed E-state index contributed by atoms with van der Waals surface area (Å²) in [7, 11) is 0. The third kappa shape index (κ3) is 3.89. The van der Waals surface area contributed by atoms with Gasteiger partial charge in [0.2, 0.25) is 5.91 Å². The van der Waals surface area contributed by atoms with E-state index in [4.69, 9.17) is 4.52 Å². The van der Waals surface area contributed by atoms with Gasteiger partial charge in [0.15, 0.2) is 11.5 Å². The lowest BCUT2D eigenvalue weighted by atomic mass is 10.0. The van der Waals surface area contributed by atoms with Crippen molar-refractivity contribution in [1.82, 2.24) is 30.0 Å². The summed E-state index contributed by atoms with van der Waals surface area (Å²) in [5.74, 6) is 1.13. The number of rotatable bonds is 4. The van der Waals surface area contributed by atoms with Crippen LogP contribution in [-0.4, -0.2) is 49.0 Å². The van der Waals surface area contributed by atoms with Crippen LogP contribution in [0.2, 0.25) is 0 Å². The number of piperidine rings is 1. The van der Waals surface area contributed by atoms with Gasteiger partial charge < -0.3 is 9.42 Å². The number of likely N-dealkylation sites (tertiary alicyclic amines) is 1. The fourth-order valence-electron chi connectivity index (χ4n) is 3.44. The number of carbonyl (C=O) groups is 1. The summed E-state index contributed by atoms with van der Waals surface area (Å²) in [4.78, 5) is 18.7. The third-order valence-electron chi connectivity index (χ3n) is 4.89. The van der Waals surface area contributed by atoms with E-state index in [1.54, 1.807) is 6.92 Å². The molecule has 1 fully saturated rings. The summed E-state index contributed by atoms with van der Waals surface area (Å²) in [6.45, 7) is 5.26. The van der Waals surface area contributed by atoms with E-state index in [2.05, 4.69) is 26.5 Å². The predicted octanol–water partition coefficient (Wildman–Crippen LogP) is 2.35. The normalized spacial score (nSPS) is 15.3. The smallest absolute Gasteiger partial charge is 0.280 e. The van der Waals surface area contributed by atoms with Crippen molar-refractivity contribution in [3.63, 3.8) is 0 Å². The molecule has 0 N–H and O–H groups in total. The molecule has 4 rings (SSSR count). The topological polar surface area (TPSA) is 89.9 Å². The van der Waals surface area contributed by atoms with Crippen molar-refractivity contribution >= 4 is 5.91 Å². The van der Waals surface area contributed by atoms with Crippen LogP contribution in [0.1, 0.15) is 35.8 Å². The van der Waals surface area contributed by atoms with Crippen LogP contribution >= 0.6 is 0 Å². The van der Waals surface area contributed by atoms with Crippen molar-refractivity contribution < 1.29 is 9.32 Å². The first-order valence-corrected chi connectivity index (χ1v) is 9.14. The van der Waals surface area contributed by atoms with Crippen molar-refractivity contribution in [2.24, 2.45) is 0 Å². The molecule has 1 amide bonds. The molecule has 0 atom stereocenters. The van der Waals surface area contributed by atoms with E-state index in [1.165, 1.54) is 5.56 Å². The third-order valence-corrected chi connectivity index (χ3v) is 4.89. The average Bonchev–Trinajstić information content (AvgIpc) is 3.31. The Morgan fingerprint density at radius 3 is 2.78 bits per heavy atom. The summed E-state index contributed by atoms with van der Waals surface area (Å²) in [6.07, 6.45) is 3.99. The van der Waals surface area contributed by atoms with Gasteiger partial charge in [0.05, 0.1) is 18.7 Å². The maximum Gasteiger partial charge on any atom is 0.280 e. The summed E-state index contributed by atoms with van der Waals surface area (Å²) >= 11 is 0. The maximum atomic E-state index is 12.6. The number of benzene rings is 1. The van der Waals surface area contributed by atoms with Gasteiger partial charge in [-0.05, 0) is 32.3 Å². The average molecular weight is 366 g/mol. The molecule has 1 aromatic carbocycles. The van der Waals surface area contributed by atoms with Gasteiger partial charge in [0.25, 0.3) is 5.89 Å². The number of hydrogen-bond acceptors (Lipinski definition) is 6. The first-order chi connectivity index (χ1) is 13.1. The molecule has 0 bridgehead atoms. The van der Waals surface area contributed by atoms with E-state index in [0.717, 1.165) is 31.5 Å². The van der Waals surface area contributed by atoms with Crippen LogP contribution in [-0.2, 0) is 11.2 Å². The first kappa shape index (κ1) is 17.4. The molecule has 2 aromatic heterocycles. The maximum absolute atomic E-state index is 12.6. The van der Waals surface area contributed by atoms with Crippen LogP contribution < -0.4 is 0 Å². The van der Waals surface area contributed by atoms with Crippen LogP contribution in [0, 0.1) is 13.8 Å². The van der Waals surface area contributed by atoms with E-state index < -0.39 is 0 Å². The van der Waals surface area contributed by atoms with Crippen LogP contribution in [0.15, 0.2) is 35.0 Å². The Bertz CT molecular complexity index is 939. The molecule has 1 saturated heterocycles. The Labute approximate surface area is 157 Å². The molecule has 0 saturated carbocycles. The lowest BCUT2D eigenvalue weighted by Crippen LogP contribution is -2.40. The summed E-state index contributed by atoms with van der Waals surface area (Å²) in [5.41, 5.74) is 2.82. The Kier molecular flexibility index (Phi) is 4.70. The number of aromatic nitrogens is 5. The lowest BCUT2D eigenvalue weighted by molar-refractivity contribution is -0.131. The van der Waals surface area contributed by atoms with Gasteiger partial charge in [-0.15, -0.1) is 5.10 Å². The summed E-state index contributed by atoms with van der Waals surface area (Å²) < 4.78 is 6.98. The fourth-order valence-corrected chi connectivity index (χ4v) is 3.44. The number of nitrogens with zero attached hydrogens (tertiary/aromatic N) is 6. The summed E-state index contributed by atoms with van der Waals surface area (Å²) in [6, 6.07) is 8.34. The molecule has 0 radical (unpaired) electrons. The van der Waals surface area contributed by atoms with Crippen molar-refractivity contribution in [3.8, 4) is 11.6 Å². The fraction of sp³-hybridized carbons (Fsp3) is 0.421. The van der Waals surface area contributed by atoms with Crippen LogP contribution in [0.25, 0.3) is 11.6 Å². The number of carbonyl (C=O) groups excluding carboxylic acids is 1. The highest BCUT2D eigenvalue weighted by atomic mass is 16.5. The van der Waals surface area contributed by atoms with Gasteiger partial charge in [0, 0.05) is 13.1 Å². The molecular formula is C19H22N6O2. The zero-order valence-corrected chi connectivity index (χ0v) is 15.5. The molecule has 140 valence electrons. The number of aryl methyl sites for hydroxylation is 2. The molecule has 3 heterocycles. The van der Waals surface area contributed by atoms with Crippen molar-refractivity contribution in [2.45, 2.75) is 39.2 Å². The Morgan fingerprint density at radius 2 is 2.07 bits per heavy atom. The molecule has 8 heteroatoms. The first-order valence-electron chi connectivity index (χ1n) is 9.14. The second kappa shape index (κ2) is 7.30. The van der Waals surface area contributed by atoms with Gasteiger partial charge in [-0.1, -0.05) is 40.2 Å². The zero-order valence-electron chi connectivity index (χ0n) is 15.5. The van der Waals surface area contributed by atoms with Gasteiger partial charge in [-0.2, -0.15) is 4.98 Å². The number of hydrogen-bond donors (Lipinski definition) is 0. The Morgan fingerprint density at radius 1 is 1.26 bits per heavy atom. The van der Waals surface area contributed by atoms with Crippen molar-refractivity contribution in [2.75, 3.05) is 13.1 Å². The molecular weight excluding hydrogens is 344 g/mol. The molecule has 8 nitrogen and oxygen atoms in total. The van der Waals surface area contributed by atoms with Crippen LogP contribution in [0.3, 0.4) is 0 Å². The highest BCUT2D eigenvalue weighted by Gasteiger charge is 2.25. The molecule has 27 heavy (non-hydrogen) atoms. The van der Waals surface area contributed by atoms with Crippen molar-refractivity contribution in [3.05, 3.63) is 47.4 Å². The second-order valence-electron chi connectivity index (χ2n) is 7.01. The lowest BCUT2D eigenvalue weighted by Gasteiger charge is -2.32. The summed E-state index contributed by atoms with van der Waals surface area (Å²) in [5, 5.41) is 12.1. The quantitative estimate of drug-likeness (QED) is 0.704. The molecule has 3 aromatic rings. The van der Waals surface area contributed by atoms with E-state index in [9.17, 15) is 4.79 Å². The molecule has 1 aliphatic rings. The molecule has 1 aliphatic heterocycles. The largest absolute Gasteiger partial charge is 0.342 e. The van der Waals surface area contributed by atoms with Crippen molar-refractivity contribution in [1.29, 1.82) is 0 Å². The van der Waals surface area contributed by atoms with Crippen LogP contribution in [0.5, 0.6) is 0 Å². The minimum atomic E-state index is 0.180. The van der Waals surface area contributed by atoms with E-state index in [1.807, 2.05) is 40.9 Å². The zero-order chi connectivity index (χ0) is 18.8. The monoisotopic (exact) mass is 366 g/mol. The highest BCUT2D eigenvalue weighted by Crippen LogP contribution is 2.24. The minimum absolute atomic E-state index is 0.180. The minimum Gasteiger partial charge on any atom is -0.342 e.